The summed E-state index contributed by atoms with van der Waals surface area (Å²) in [6.07, 6.45) is 2.07. The Bertz CT molecular complexity index is 600. The number of aryl methyl sites for hydroxylation is 1. The highest BCUT2D eigenvalue weighted by molar-refractivity contribution is 7.89. The smallest absolute Gasteiger partial charge is 0.371 e. The molecule has 0 aliphatic heterocycles. The van der Waals surface area contributed by atoms with Crippen molar-refractivity contribution < 1.29 is 22.7 Å². The minimum Gasteiger partial charge on any atom is -0.475 e. The van der Waals surface area contributed by atoms with Gasteiger partial charge in [-0.25, -0.2) is 13.2 Å². The van der Waals surface area contributed by atoms with E-state index in [2.05, 4.69) is 0 Å². The first-order valence-corrected chi connectivity index (χ1v) is 7.51. The number of carboxylic acid groups (broad SMARTS) is 1. The van der Waals surface area contributed by atoms with Gasteiger partial charge in [0, 0.05) is 19.2 Å². The van der Waals surface area contributed by atoms with E-state index in [4.69, 9.17) is 9.52 Å². The molecule has 1 aromatic rings. The number of sulfonamides is 1. The van der Waals surface area contributed by atoms with Gasteiger partial charge in [0.2, 0.25) is 15.8 Å². The van der Waals surface area contributed by atoms with Crippen LogP contribution in [0.2, 0.25) is 0 Å². The second-order valence-electron chi connectivity index (χ2n) is 4.94. The van der Waals surface area contributed by atoms with Gasteiger partial charge in [-0.1, -0.05) is 0 Å². The zero-order chi connectivity index (χ0) is 14.4. The van der Waals surface area contributed by atoms with Gasteiger partial charge in [0.25, 0.3) is 0 Å². The number of carbonyl (C=O) groups is 1. The van der Waals surface area contributed by atoms with E-state index in [9.17, 15) is 13.2 Å². The molecule has 0 spiro atoms. The fourth-order valence-electron chi connectivity index (χ4n) is 2.08. The largest absolute Gasteiger partial charge is 0.475 e. The normalized spacial score (nSPS) is 17.7. The Morgan fingerprint density at radius 3 is 2.53 bits per heavy atom. The van der Waals surface area contributed by atoms with Crippen molar-refractivity contribution in [3.63, 3.8) is 0 Å². The van der Waals surface area contributed by atoms with E-state index in [1.165, 1.54) is 18.3 Å². The second-order valence-corrected chi connectivity index (χ2v) is 6.90. The summed E-state index contributed by atoms with van der Waals surface area (Å²) >= 11 is 0. The molecule has 1 aromatic heterocycles. The molecule has 1 heterocycles. The van der Waals surface area contributed by atoms with Crippen LogP contribution in [0.15, 0.2) is 15.4 Å². The minimum atomic E-state index is -3.71. The average Bonchev–Trinajstić information content (AvgIpc) is 3.09. The summed E-state index contributed by atoms with van der Waals surface area (Å²) in [6, 6.07) is 0.982. The van der Waals surface area contributed by atoms with Crippen LogP contribution in [0, 0.1) is 12.8 Å². The molecule has 19 heavy (non-hydrogen) atoms. The van der Waals surface area contributed by atoms with Crippen LogP contribution in [0.25, 0.3) is 0 Å². The van der Waals surface area contributed by atoms with Gasteiger partial charge in [-0.05, 0) is 32.6 Å². The molecular weight excluding hydrogens is 270 g/mol. The van der Waals surface area contributed by atoms with E-state index in [1.807, 2.05) is 6.92 Å². The molecule has 6 nitrogen and oxygen atoms in total. The lowest BCUT2D eigenvalue weighted by atomic mass is 10.2. The maximum absolute atomic E-state index is 12.4. The summed E-state index contributed by atoms with van der Waals surface area (Å²) in [4.78, 5) is 10.7. The van der Waals surface area contributed by atoms with Crippen LogP contribution in [0.4, 0.5) is 0 Å². The molecule has 0 radical (unpaired) electrons. The lowest BCUT2D eigenvalue weighted by molar-refractivity contribution is 0.0661. The predicted octanol–water partition coefficient (Wildman–Crippen LogP) is 1.71. The standard InChI is InChI=1S/C12H17NO5S/c1-7(9-4-5-9)13(3)19(16,17)11-6-10(12(14)15)18-8(11)2/h6-7,9H,4-5H2,1-3H3,(H,14,15)/t7-/m1/s1. The Morgan fingerprint density at radius 1 is 1.53 bits per heavy atom. The van der Waals surface area contributed by atoms with E-state index in [1.54, 1.807) is 0 Å². The van der Waals surface area contributed by atoms with E-state index in [0.29, 0.717) is 5.92 Å². The van der Waals surface area contributed by atoms with Gasteiger partial charge in [-0.2, -0.15) is 4.31 Å². The Kier molecular flexibility index (Phi) is 3.44. The van der Waals surface area contributed by atoms with Gasteiger partial charge >= 0.3 is 5.97 Å². The molecule has 1 aliphatic carbocycles. The number of nitrogens with zero attached hydrogens (tertiary/aromatic N) is 1. The van der Waals surface area contributed by atoms with Crippen molar-refractivity contribution in [3.05, 3.63) is 17.6 Å². The first-order chi connectivity index (χ1) is 8.75. The van der Waals surface area contributed by atoms with Crippen LogP contribution in [0.3, 0.4) is 0 Å². The second kappa shape index (κ2) is 4.64. The molecule has 0 aromatic carbocycles. The van der Waals surface area contributed by atoms with Crippen LogP contribution >= 0.6 is 0 Å². The lowest BCUT2D eigenvalue weighted by Crippen LogP contribution is -2.36. The van der Waals surface area contributed by atoms with Crippen molar-refractivity contribution in [1.82, 2.24) is 4.31 Å². The number of carboxylic acids is 1. The molecule has 0 amide bonds. The van der Waals surface area contributed by atoms with Gasteiger partial charge in [-0.3, -0.25) is 0 Å². The van der Waals surface area contributed by atoms with E-state index < -0.39 is 16.0 Å². The van der Waals surface area contributed by atoms with E-state index >= 15 is 0 Å². The Balaban J connectivity index is 2.35. The molecule has 1 N–H and O–H groups in total. The summed E-state index contributed by atoms with van der Waals surface area (Å²) in [6.45, 7) is 3.32. The average molecular weight is 287 g/mol. The van der Waals surface area contributed by atoms with Crippen molar-refractivity contribution in [2.24, 2.45) is 5.92 Å². The van der Waals surface area contributed by atoms with Crippen LogP contribution in [-0.4, -0.2) is 36.9 Å². The Hall–Kier alpha value is -1.34. The monoisotopic (exact) mass is 287 g/mol. The van der Waals surface area contributed by atoms with Gasteiger partial charge in [0.1, 0.15) is 10.7 Å². The summed E-state index contributed by atoms with van der Waals surface area (Å²) in [5.41, 5.74) is 0. The Morgan fingerprint density at radius 2 is 2.11 bits per heavy atom. The minimum absolute atomic E-state index is 0.0695. The van der Waals surface area contributed by atoms with E-state index in [-0.39, 0.29) is 22.5 Å². The SMILES string of the molecule is Cc1oc(C(=O)O)cc1S(=O)(=O)N(C)[C@H](C)C1CC1. The molecule has 0 unspecified atom stereocenters. The molecule has 7 heteroatoms. The van der Waals surface area contributed by atoms with Crippen molar-refractivity contribution in [1.29, 1.82) is 0 Å². The molecule has 1 fully saturated rings. The zero-order valence-corrected chi connectivity index (χ0v) is 11.9. The number of rotatable bonds is 5. The van der Waals surface area contributed by atoms with Crippen molar-refractivity contribution >= 4 is 16.0 Å². The molecule has 0 bridgehead atoms. The van der Waals surface area contributed by atoms with Crippen molar-refractivity contribution in [2.45, 2.75) is 37.6 Å². The van der Waals surface area contributed by atoms with Crippen molar-refractivity contribution in [2.75, 3.05) is 7.05 Å². The number of furan rings is 1. The molecule has 1 saturated carbocycles. The Labute approximate surface area is 112 Å². The molecule has 1 aliphatic rings. The molecule has 106 valence electrons. The van der Waals surface area contributed by atoms with Gasteiger partial charge in [0.15, 0.2) is 0 Å². The third-order valence-corrected chi connectivity index (χ3v) is 5.67. The number of hydrogen-bond donors (Lipinski definition) is 1. The summed E-state index contributed by atoms with van der Waals surface area (Å²) in [5.74, 6) is -1.14. The summed E-state index contributed by atoms with van der Waals surface area (Å²) < 4.78 is 31.1. The van der Waals surface area contributed by atoms with Crippen LogP contribution in [0.5, 0.6) is 0 Å². The number of aromatic carboxylic acids is 1. The van der Waals surface area contributed by atoms with Crippen LogP contribution in [0.1, 0.15) is 36.1 Å². The summed E-state index contributed by atoms with van der Waals surface area (Å²) in [5, 5.41) is 8.83. The van der Waals surface area contributed by atoms with Crippen LogP contribution < -0.4 is 0 Å². The highest BCUT2D eigenvalue weighted by Crippen LogP contribution is 2.37. The quantitative estimate of drug-likeness (QED) is 0.890. The maximum Gasteiger partial charge on any atom is 0.371 e. The molecule has 2 rings (SSSR count). The molecule has 1 atom stereocenters. The van der Waals surface area contributed by atoms with Gasteiger partial charge in [-0.15, -0.1) is 0 Å². The highest BCUT2D eigenvalue weighted by atomic mass is 32.2. The van der Waals surface area contributed by atoms with E-state index in [0.717, 1.165) is 18.9 Å². The van der Waals surface area contributed by atoms with Gasteiger partial charge < -0.3 is 9.52 Å². The summed E-state index contributed by atoms with van der Waals surface area (Å²) in [7, 11) is -2.19. The maximum atomic E-state index is 12.4. The first-order valence-electron chi connectivity index (χ1n) is 6.07. The number of hydrogen-bond acceptors (Lipinski definition) is 4. The first kappa shape index (κ1) is 14.1. The third-order valence-electron chi connectivity index (χ3n) is 3.62. The fraction of sp³-hybridized carbons (Fsp3) is 0.583. The van der Waals surface area contributed by atoms with Crippen molar-refractivity contribution in [3.8, 4) is 0 Å². The van der Waals surface area contributed by atoms with Crippen LogP contribution in [-0.2, 0) is 10.0 Å². The topological polar surface area (TPSA) is 87.8 Å². The zero-order valence-electron chi connectivity index (χ0n) is 11.1. The molecule has 0 saturated heterocycles. The third kappa shape index (κ3) is 2.52. The predicted molar refractivity (Wildman–Crippen MR) is 67.5 cm³/mol. The lowest BCUT2D eigenvalue weighted by Gasteiger charge is -2.23. The van der Waals surface area contributed by atoms with Gasteiger partial charge in [0.05, 0.1) is 0 Å². The molecular formula is C12H17NO5S. The highest BCUT2D eigenvalue weighted by Gasteiger charge is 2.37. The fourth-order valence-corrected chi connectivity index (χ4v) is 3.66.